The SMILES string of the molecule is CC(C)(C)C(=O)COC(=O)[C@@H]1CCCN(c2ncccc2C(F)(F)F)C1. The molecule has 0 spiro atoms. The Labute approximate surface area is 150 Å². The number of anilines is 1. The summed E-state index contributed by atoms with van der Waals surface area (Å²) < 4.78 is 44.6. The minimum Gasteiger partial charge on any atom is -0.457 e. The van der Waals surface area contributed by atoms with E-state index in [0.717, 1.165) is 6.07 Å². The van der Waals surface area contributed by atoms with Gasteiger partial charge in [0.15, 0.2) is 12.4 Å². The van der Waals surface area contributed by atoms with Gasteiger partial charge in [-0.05, 0) is 25.0 Å². The van der Waals surface area contributed by atoms with Crippen molar-refractivity contribution >= 4 is 17.6 Å². The fourth-order valence-corrected chi connectivity index (χ4v) is 2.70. The fourth-order valence-electron chi connectivity index (χ4n) is 2.70. The van der Waals surface area contributed by atoms with E-state index in [1.165, 1.54) is 17.2 Å². The van der Waals surface area contributed by atoms with Crippen LogP contribution in [-0.2, 0) is 20.5 Å². The first-order valence-electron chi connectivity index (χ1n) is 8.47. The topological polar surface area (TPSA) is 59.5 Å². The molecule has 1 aromatic heterocycles. The van der Waals surface area contributed by atoms with Crippen LogP contribution >= 0.6 is 0 Å². The Bertz CT molecular complexity index is 668. The third kappa shape index (κ3) is 4.95. The van der Waals surface area contributed by atoms with Crippen molar-refractivity contribution in [3.8, 4) is 0 Å². The van der Waals surface area contributed by atoms with Gasteiger partial charge in [-0.3, -0.25) is 9.59 Å². The number of carbonyl (C=O) groups excluding carboxylic acids is 2. The number of piperidine rings is 1. The van der Waals surface area contributed by atoms with Crippen LogP contribution in [-0.4, -0.2) is 36.4 Å². The van der Waals surface area contributed by atoms with E-state index in [4.69, 9.17) is 4.74 Å². The van der Waals surface area contributed by atoms with Gasteiger partial charge in [-0.15, -0.1) is 0 Å². The molecule has 0 radical (unpaired) electrons. The molecule has 2 heterocycles. The van der Waals surface area contributed by atoms with Gasteiger partial charge >= 0.3 is 12.1 Å². The molecule has 0 bridgehead atoms. The molecule has 5 nitrogen and oxygen atoms in total. The van der Waals surface area contributed by atoms with Crippen LogP contribution in [0.1, 0.15) is 39.2 Å². The maximum absolute atomic E-state index is 13.2. The minimum absolute atomic E-state index is 0.0859. The van der Waals surface area contributed by atoms with Gasteiger partial charge in [-0.25, -0.2) is 4.98 Å². The maximum atomic E-state index is 13.2. The van der Waals surface area contributed by atoms with Gasteiger partial charge < -0.3 is 9.64 Å². The summed E-state index contributed by atoms with van der Waals surface area (Å²) >= 11 is 0. The highest BCUT2D eigenvalue weighted by atomic mass is 19.4. The number of pyridine rings is 1. The highest BCUT2D eigenvalue weighted by Gasteiger charge is 2.37. The molecule has 0 amide bonds. The summed E-state index contributed by atoms with van der Waals surface area (Å²) in [6.07, 6.45) is -2.17. The molecule has 1 fully saturated rings. The lowest BCUT2D eigenvalue weighted by Gasteiger charge is -2.33. The monoisotopic (exact) mass is 372 g/mol. The zero-order valence-corrected chi connectivity index (χ0v) is 15.1. The summed E-state index contributed by atoms with van der Waals surface area (Å²) in [5, 5.41) is 0. The van der Waals surface area contributed by atoms with Crippen LogP contribution in [0.4, 0.5) is 19.0 Å². The summed E-state index contributed by atoms with van der Waals surface area (Å²) in [7, 11) is 0. The molecule has 2 rings (SSSR count). The Morgan fingerprint density at radius 3 is 2.62 bits per heavy atom. The number of ketones is 1. The molecule has 1 aromatic rings. The van der Waals surface area contributed by atoms with Crippen molar-refractivity contribution in [3.63, 3.8) is 0 Å². The van der Waals surface area contributed by atoms with Crippen LogP contribution in [0.2, 0.25) is 0 Å². The molecular weight excluding hydrogens is 349 g/mol. The lowest BCUT2D eigenvalue weighted by molar-refractivity contribution is -0.154. The second kappa shape index (κ2) is 7.63. The van der Waals surface area contributed by atoms with E-state index in [1.54, 1.807) is 20.8 Å². The lowest BCUT2D eigenvalue weighted by atomic mass is 9.91. The van der Waals surface area contributed by atoms with Crippen molar-refractivity contribution in [3.05, 3.63) is 23.9 Å². The third-order valence-electron chi connectivity index (χ3n) is 4.33. The predicted octanol–water partition coefficient (Wildman–Crippen LogP) is 3.48. The van der Waals surface area contributed by atoms with Crippen molar-refractivity contribution in [1.82, 2.24) is 4.98 Å². The number of hydrogen-bond donors (Lipinski definition) is 0. The number of alkyl halides is 3. The summed E-state index contributed by atoms with van der Waals surface area (Å²) in [4.78, 5) is 29.4. The number of halogens is 3. The van der Waals surface area contributed by atoms with Crippen LogP contribution in [0.5, 0.6) is 0 Å². The van der Waals surface area contributed by atoms with Crippen LogP contribution in [0.25, 0.3) is 0 Å². The van der Waals surface area contributed by atoms with Crippen LogP contribution in [0.3, 0.4) is 0 Å². The van der Waals surface area contributed by atoms with E-state index >= 15 is 0 Å². The average molecular weight is 372 g/mol. The van der Waals surface area contributed by atoms with Crippen molar-refractivity contribution in [1.29, 1.82) is 0 Å². The van der Waals surface area contributed by atoms with Crippen molar-refractivity contribution in [2.45, 2.75) is 39.8 Å². The number of esters is 1. The van der Waals surface area contributed by atoms with Crippen LogP contribution < -0.4 is 4.90 Å². The normalized spacial score (nSPS) is 18.5. The Kier molecular flexibility index (Phi) is 5.93. The molecule has 0 unspecified atom stereocenters. The zero-order chi connectivity index (χ0) is 19.5. The molecular formula is C18H23F3N2O3. The van der Waals surface area contributed by atoms with E-state index < -0.39 is 29.0 Å². The first-order chi connectivity index (χ1) is 12.0. The Hall–Kier alpha value is -2.12. The summed E-state index contributed by atoms with van der Waals surface area (Å²) in [5.74, 6) is -1.53. The first kappa shape index (κ1) is 20.2. The molecule has 0 saturated carbocycles. The van der Waals surface area contributed by atoms with E-state index in [1.807, 2.05) is 0 Å². The predicted molar refractivity (Wildman–Crippen MR) is 89.6 cm³/mol. The van der Waals surface area contributed by atoms with E-state index in [-0.39, 0.29) is 24.8 Å². The van der Waals surface area contributed by atoms with E-state index in [0.29, 0.717) is 19.4 Å². The van der Waals surface area contributed by atoms with Crippen molar-refractivity contribution < 1.29 is 27.5 Å². The molecule has 26 heavy (non-hydrogen) atoms. The second-order valence-corrected chi connectivity index (χ2v) is 7.44. The molecule has 1 aliphatic rings. The Morgan fingerprint density at radius 1 is 1.31 bits per heavy atom. The van der Waals surface area contributed by atoms with Gasteiger partial charge in [-0.1, -0.05) is 20.8 Å². The Balaban J connectivity index is 2.06. The number of aromatic nitrogens is 1. The first-order valence-corrected chi connectivity index (χ1v) is 8.47. The number of hydrogen-bond acceptors (Lipinski definition) is 5. The number of nitrogens with zero attached hydrogens (tertiary/aromatic N) is 2. The molecule has 0 aromatic carbocycles. The summed E-state index contributed by atoms with van der Waals surface area (Å²) in [6.45, 7) is 5.32. The number of carbonyl (C=O) groups is 2. The molecule has 1 aliphatic heterocycles. The maximum Gasteiger partial charge on any atom is 0.419 e. The highest BCUT2D eigenvalue weighted by molar-refractivity contribution is 5.87. The van der Waals surface area contributed by atoms with Crippen molar-refractivity contribution in [2.24, 2.45) is 11.3 Å². The number of rotatable bonds is 4. The standard InChI is InChI=1S/C18H23F3N2O3/c1-17(2,3)14(24)11-26-16(25)12-6-5-9-23(10-12)15-13(18(19,20)21)7-4-8-22-15/h4,7-8,12H,5-6,9-11H2,1-3H3/t12-/m1/s1. The zero-order valence-electron chi connectivity index (χ0n) is 15.1. The second-order valence-electron chi connectivity index (χ2n) is 7.44. The molecule has 1 saturated heterocycles. The average Bonchev–Trinajstić information content (AvgIpc) is 2.58. The highest BCUT2D eigenvalue weighted by Crippen LogP contribution is 2.36. The van der Waals surface area contributed by atoms with Gasteiger partial charge in [0, 0.05) is 24.7 Å². The van der Waals surface area contributed by atoms with Gasteiger partial charge in [0.1, 0.15) is 5.82 Å². The summed E-state index contributed by atoms with van der Waals surface area (Å²) in [6, 6.07) is 2.21. The quantitative estimate of drug-likeness (QED) is 0.758. The molecule has 0 N–H and O–H groups in total. The Morgan fingerprint density at radius 2 is 2.00 bits per heavy atom. The minimum atomic E-state index is -4.52. The van der Waals surface area contributed by atoms with Gasteiger partial charge in [0.2, 0.25) is 0 Å². The van der Waals surface area contributed by atoms with Crippen LogP contribution in [0.15, 0.2) is 18.3 Å². The van der Waals surface area contributed by atoms with Gasteiger partial charge in [-0.2, -0.15) is 13.2 Å². The van der Waals surface area contributed by atoms with Crippen LogP contribution in [0, 0.1) is 11.3 Å². The van der Waals surface area contributed by atoms with E-state index in [2.05, 4.69) is 4.98 Å². The molecule has 144 valence electrons. The largest absolute Gasteiger partial charge is 0.457 e. The summed E-state index contributed by atoms with van der Waals surface area (Å²) in [5.41, 5.74) is -1.44. The number of ether oxygens (including phenoxy) is 1. The lowest BCUT2D eigenvalue weighted by Crippen LogP contribution is -2.41. The fraction of sp³-hybridized carbons (Fsp3) is 0.611. The smallest absolute Gasteiger partial charge is 0.419 e. The molecule has 0 aliphatic carbocycles. The molecule has 8 heteroatoms. The third-order valence-corrected chi connectivity index (χ3v) is 4.33. The van der Waals surface area contributed by atoms with Gasteiger partial charge in [0.05, 0.1) is 11.5 Å². The van der Waals surface area contributed by atoms with Crippen molar-refractivity contribution in [2.75, 3.05) is 24.6 Å². The molecule has 1 atom stereocenters. The van der Waals surface area contributed by atoms with Gasteiger partial charge in [0.25, 0.3) is 0 Å². The van der Waals surface area contributed by atoms with E-state index in [9.17, 15) is 22.8 Å². The number of Topliss-reactive ketones (excluding diaryl/α,β-unsaturated/α-hetero) is 1.